The van der Waals surface area contributed by atoms with E-state index in [4.69, 9.17) is 4.74 Å². The van der Waals surface area contributed by atoms with Gasteiger partial charge in [0.15, 0.2) is 5.13 Å². The Kier molecular flexibility index (Phi) is 6.41. The molecule has 0 saturated heterocycles. The van der Waals surface area contributed by atoms with Crippen LogP contribution in [0.4, 0.5) is 10.8 Å². The number of pyridine rings is 1. The maximum absolute atomic E-state index is 12.4. The van der Waals surface area contributed by atoms with Crippen molar-refractivity contribution in [1.82, 2.24) is 9.97 Å². The Morgan fingerprint density at radius 1 is 1.07 bits per heavy atom. The molecule has 5 nitrogen and oxygen atoms in total. The Bertz CT molecular complexity index is 1130. The van der Waals surface area contributed by atoms with Crippen molar-refractivity contribution in [3.63, 3.8) is 0 Å². The second kappa shape index (κ2) is 9.56. The van der Waals surface area contributed by atoms with Crippen molar-refractivity contribution in [2.24, 2.45) is 0 Å². The third kappa shape index (κ3) is 5.06. The molecule has 0 bridgehead atoms. The number of nitrogens with zero attached hydrogens (tertiary/aromatic N) is 2. The number of thioether (sulfide) groups is 1. The van der Waals surface area contributed by atoms with Crippen molar-refractivity contribution < 1.29 is 9.53 Å². The molecular formula is C23H19N3O2S2. The standard InChI is InChI=1S/C23H19N3O2S2/c1-29-14-16-8-10-17(11-9-16)22(27)28-19-6-4-5-18(13-19)25-23-26-21(15-30-23)20-7-2-3-12-24-20/h2-13,15H,14H2,1H3,(H,25,26). The van der Waals surface area contributed by atoms with Crippen LogP contribution in [0.2, 0.25) is 0 Å². The molecule has 0 amide bonds. The number of rotatable bonds is 7. The Morgan fingerprint density at radius 2 is 1.93 bits per heavy atom. The smallest absolute Gasteiger partial charge is 0.343 e. The SMILES string of the molecule is CSCc1ccc(C(=O)Oc2cccc(Nc3nc(-c4ccccn4)cs3)c2)cc1. The minimum atomic E-state index is -0.380. The van der Waals surface area contributed by atoms with Crippen LogP contribution in [0.25, 0.3) is 11.4 Å². The van der Waals surface area contributed by atoms with Gasteiger partial charge in [-0.15, -0.1) is 11.3 Å². The average molecular weight is 434 g/mol. The summed E-state index contributed by atoms with van der Waals surface area (Å²) < 4.78 is 5.54. The van der Waals surface area contributed by atoms with Crippen LogP contribution in [-0.4, -0.2) is 22.2 Å². The van der Waals surface area contributed by atoms with Gasteiger partial charge in [-0.25, -0.2) is 9.78 Å². The van der Waals surface area contributed by atoms with Crippen LogP contribution < -0.4 is 10.1 Å². The molecule has 0 saturated carbocycles. The highest BCUT2D eigenvalue weighted by Gasteiger charge is 2.10. The number of ether oxygens (including phenoxy) is 1. The van der Waals surface area contributed by atoms with Gasteiger partial charge < -0.3 is 10.1 Å². The first-order valence-electron chi connectivity index (χ1n) is 9.25. The van der Waals surface area contributed by atoms with Crippen LogP contribution in [-0.2, 0) is 5.75 Å². The third-order valence-corrected chi connectivity index (χ3v) is 5.61. The van der Waals surface area contributed by atoms with Crippen LogP contribution in [0.3, 0.4) is 0 Å². The summed E-state index contributed by atoms with van der Waals surface area (Å²) in [5.74, 6) is 1.01. The topological polar surface area (TPSA) is 64.1 Å². The number of hydrogen-bond acceptors (Lipinski definition) is 7. The lowest BCUT2D eigenvalue weighted by molar-refractivity contribution is 0.0735. The van der Waals surface area contributed by atoms with Gasteiger partial charge in [-0.2, -0.15) is 11.8 Å². The number of carbonyl (C=O) groups is 1. The first-order valence-corrected chi connectivity index (χ1v) is 11.5. The van der Waals surface area contributed by atoms with Gasteiger partial charge in [-0.1, -0.05) is 24.3 Å². The molecule has 0 fully saturated rings. The summed E-state index contributed by atoms with van der Waals surface area (Å²) in [5.41, 5.74) is 4.14. The van der Waals surface area contributed by atoms with E-state index in [1.807, 2.05) is 54.1 Å². The fraction of sp³-hybridized carbons (Fsp3) is 0.0870. The van der Waals surface area contributed by atoms with Gasteiger partial charge in [-0.05, 0) is 48.2 Å². The van der Waals surface area contributed by atoms with Crippen LogP contribution in [0.5, 0.6) is 5.75 Å². The van der Waals surface area contributed by atoms with E-state index in [2.05, 4.69) is 15.3 Å². The number of carbonyl (C=O) groups excluding carboxylic acids is 1. The molecule has 30 heavy (non-hydrogen) atoms. The summed E-state index contributed by atoms with van der Waals surface area (Å²) in [6.07, 6.45) is 3.80. The predicted molar refractivity (Wildman–Crippen MR) is 124 cm³/mol. The van der Waals surface area contributed by atoms with Gasteiger partial charge in [0.1, 0.15) is 11.4 Å². The van der Waals surface area contributed by atoms with E-state index in [1.165, 1.54) is 16.9 Å². The summed E-state index contributed by atoms with van der Waals surface area (Å²) >= 11 is 3.23. The summed E-state index contributed by atoms with van der Waals surface area (Å²) in [6, 6.07) is 20.5. The van der Waals surface area contributed by atoms with Crippen molar-refractivity contribution in [3.05, 3.63) is 89.4 Å². The summed E-state index contributed by atoms with van der Waals surface area (Å²) in [5, 5.41) is 5.95. The molecule has 2 aromatic heterocycles. The molecule has 0 unspecified atom stereocenters. The molecule has 0 atom stereocenters. The van der Waals surface area contributed by atoms with Crippen LogP contribution in [0.15, 0.2) is 78.3 Å². The minimum Gasteiger partial charge on any atom is -0.423 e. The number of nitrogens with one attached hydrogen (secondary N) is 1. The third-order valence-electron chi connectivity index (χ3n) is 4.23. The van der Waals surface area contributed by atoms with Gasteiger partial charge in [0.05, 0.1) is 11.3 Å². The molecule has 1 N–H and O–H groups in total. The first kappa shape index (κ1) is 20.1. The zero-order valence-electron chi connectivity index (χ0n) is 16.2. The number of aromatic nitrogens is 2. The van der Waals surface area contributed by atoms with E-state index in [0.717, 1.165) is 28.0 Å². The van der Waals surface area contributed by atoms with Crippen molar-refractivity contribution in [2.75, 3.05) is 11.6 Å². The van der Waals surface area contributed by atoms with E-state index < -0.39 is 0 Å². The molecule has 2 aromatic carbocycles. The molecule has 2 heterocycles. The van der Waals surface area contributed by atoms with E-state index >= 15 is 0 Å². The monoisotopic (exact) mass is 433 g/mol. The Morgan fingerprint density at radius 3 is 2.70 bits per heavy atom. The molecule has 7 heteroatoms. The highest BCUT2D eigenvalue weighted by molar-refractivity contribution is 7.97. The number of esters is 1. The molecule has 4 aromatic rings. The molecule has 0 aliphatic heterocycles. The van der Waals surface area contributed by atoms with E-state index in [1.54, 1.807) is 42.2 Å². The van der Waals surface area contributed by atoms with Gasteiger partial charge in [0.2, 0.25) is 0 Å². The predicted octanol–water partition coefficient (Wildman–Crippen LogP) is 6.03. The van der Waals surface area contributed by atoms with E-state index in [0.29, 0.717) is 11.3 Å². The lowest BCUT2D eigenvalue weighted by Gasteiger charge is -2.08. The Hall–Kier alpha value is -3.16. The van der Waals surface area contributed by atoms with E-state index in [-0.39, 0.29) is 5.97 Å². The molecule has 0 aliphatic carbocycles. The minimum absolute atomic E-state index is 0.380. The van der Waals surface area contributed by atoms with Crippen molar-refractivity contribution in [1.29, 1.82) is 0 Å². The second-order valence-electron chi connectivity index (χ2n) is 6.43. The van der Waals surface area contributed by atoms with Crippen LogP contribution in [0, 0.1) is 0 Å². The summed E-state index contributed by atoms with van der Waals surface area (Å²) in [7, 11) is 0. The number of benzene rings is 2. The zero-order valence-corrected chi connectivity index (χ0v) is 17.9. The van der Waals surface area contributed by atoms with Crippen LogP contribution >= 0.6 is 23.1 Å². The van der Waals surface area contributed by atoms with Crippen molar-refractivity contribution >= 4 is 39.9 Å². The number of thiazole rings is 1. The summed E-state index contributed by atoms with van der Waals surface area (Å²) in [4.78, 5) is 21.3. The van der Waals surface area contributed by atoms with Crippen LogP contribution in [0.1, 0.15) is 15.9 Å². The van der Waals surface area contributed by atoms with E-state index in [9.17, 15) is 4.79 Å². The summed E-state index contributed by atoms with van der Waals surface area (Å²) in [6.45, 7) is 0. The number of anilines is 2. The molecule has 0 radical (unpaired) electrons. The van der Waals surface area contributed by atoms with Crippen molar-refractivity contribution in [2.45, 2.75) is 5.75 Å². The maximum atomic E-state index is 12.4. The molecular weight excluding hydrogens is 414 g/mol. The largest absolute Gasteiger partial charge is 0.423 e. The second-order valence-corrected chi connectivity index (χ2v) is 8.15. The quantitative estimate of drug-likeness (QED) is 0.284. The highest BCUT2D eigenvalue weighted by Crippen LogP contribution is 2.27. The lowest BCUT2D eigenvalue weighted by Crippen LogP contribution is -2.08. The van der Waals surface area contributed by atoms with Gasteiger partial charge in [-0.3, -0.25) is 4.98 Å². The lowest BCUT2D eigenvalue weighted by atomic mass is 10.1. The first-order chi connectivity index (χ1) is 14.7. The highest BCUT2D eigenvalue weighted by atomic mass is 32.2. The molecule has 0 spiro atoms. The van der Waals surface area contributed by atoms with Gasteiger partial charge >= 0.3 is 5.97 Å². The Balaban J connectivity index is 1.43. The van der Waals surface area contributed by atoms with Gasteiger partial charge in [0, 0.05) is 29.1 Å². The molecule has 0 aliphatic rings. The molecule has 4 rings (SSSR count). The molecule has 150 valence electrons. The average Bonchev–Trinajstić information content (AvgIpc) is 3.24. The fourth-order valence-corrected chi connectivity index (χ4v) is 4.04. The fourth-order valence-electron chi connectivity index (χ4n) is 2.79. The zero-order chi connectivity index (χ0) is 20.8. The van der Waals surface area contributed by atoms with Gasteiger partial charge in [0.25, 0.3) is 0 Å². The maximum Gasteiger partial charge on any atom is 0.343 e. The van der Waals surface area contributed by atoms with Crippen molar-refractivity contribution in [3.8, 4) is 17.1 Å². The number of hydrogen-bond donors (Lipinski definition) is 1. The Labute approximate surface area is 183 Å². The normalized spacial score (nSPS) is 10.6.